The fourth-order valence-corrected chi connectivity index (χ4v) is 4.81. The lowest BCUT2D eigenvalue weighted by Gasteiger charge is -2.33. The van der Waals surface area contributed by atoms with E-state index in [1.54, 1.807) is 18.2 Å². The van der Waals surface area contributed by atoms with E-state index in [4.69, 9.17) is 28.2 Å². The van der Waals surface area contributed by atoms with E-state index in [0.717, 1.165) is 25.7 Å². The molecular formula is C24H26Cl2N4O3. The number of phenolic OH excluding ortho intramolecular Hbond substituents is 1. The van der Waals surface area contributed by atoms with Crippen LogP contribution < -0.4 is 5.32 Å². The van der Waals surface area contributed by atoms with E-state index in [2.05, 4.69) is 29.3 Å². The number of anilines is 1. The summed E-state index contributed by atoms with van der Waals surface area (Å²) >= 11 is 12.2. The molecule has 0 atom stereocenters. The van der Waals surface area contributed by atoms with E-state index in [9.17, 15) is 15.0 Å². The van der Waals surface area contributed by atoms with Gasteiger partial charge in [0.25, 0.3) is 0 Å². The van der Waals surface area contributed by atoms with Crippen molar-refractivity contribution in [3.63, 3.8) is 0 Å². The van der Waals surface area contributed by atoms with Crippen LogP contribution >= 0.6 is 23.2 Å². The highest BCUT2D eigenvalue weighted by Gasteiger charge is 2.25. The Bertz CT molecular complexity index is 1170. The zero-order valence-electron chi connectivity index (χ0n) is 18.5. The van der Waals surface area contributed by atoms with Gasteiger partial charge in [0, 0.05) is 23.8 Å². The Morgan fingerprint density at radius 1 is 1.15 bits per heavy atom. The lowest BCUT2D eigenvalue weighted by Crippen LogP contribution is -2.36. The summed E-state index contributed by atoms with van der Waals surface area (Å²) in [6.45, 7) is -0.613. The first-order valence-corrected chi connectivity index (χ1v) is 11.6. The van der Waals surface area contributed by atoms with Crippen LogP contribution in [0.4, 0.5) is 5.69 Å². The topological polar surface area (TPSA) is 98.6 Å². The maximum Gasteiger partial charge on any atom is 0.191 e. The molecule has 0 bridgehead atoms. The van der Waals surface area contributed by atoms with Gasteiger partial charge in [-0.1, -0.05) is 23.2 Å². The largest absolute Gasteiger partial charge is 0.505 e. The second-order valence-corrected chi connectivity index (χ2v) is 9.41. The molecule has 174 valence electrons. The number of nitrogens with one attached hydrogen (secondary N) is 1. The van der Waals surface area contributed by atoms with Gasteiger partial charge in [0.05, 0.1) is 32.5 Å². The van der Waals surface area contributed by atoms with Gasteiger partial charge in [0.2, 0.25) is 0 Å². The molecule has 0 saturated heterocycles. The lowest BCUT2D eigenvalue weighted by molar-refractivity contribution is 0.0904. The van der Waals surface area contributed by atoms with Gasteiger partial charge >= 0.3 is 0 Å². The summed E-state index contributed by atoms with van der Waals surface area (Å²) in [5, 5.41) is 23.2. The van der Waals surface area contributed by atoms with Crippen molar-refractivity contribution in [3.8, 4) is 17.0 Å². The number of hydrogen-bond donors (Lipinski definition) is 3. The van der Waals surface area contributed by atoms with Crippen molar-refractivity contribution >= 4 is 45.7 Å². The fraction of sp³-hybridized carbons (Fsp3) is 0.375. The average molecular weight is 489 g/mol. The lowest BCUT2D eigenvalue weighted by atomic mass is 9.90. The number of carbonyl (C=O) groups is 1. The molecular weight excluding hydrogens is 463 g/mol. The molecule has 1 aliphatic carbocycles. The summed E-state index contributed by atoms with van der Waals surface area (Å²) in [5.74, 6) is -0.604. The van der Waals surface area contributed by atoms with Crippen LogP contribution in [0, 0.1) is 0 Å². The first-order chi connectivity index (χ1) is 15.8. The standard InChI is InChI=1S/C24H26Cl2N4O3/c1-30(2)15-5-3-14(4-6-15)28-22-16(21(32)12-31)11-27-20-8-7-19(29-23(20)22)13-9-17(25)24(33)18(26)10-13/h7-11,14-15,31,33H,3-6,12H2,1-2H3,(H,27,28). The molecule has 2 aromatic heterocycles. The van der Waals surface area contributed by atoms with E-state index in [-0.39, 0.29) is 21.8 Å². The molecule has 0 radical (unpaired) electrons. The maximum absolute atomic E-state index is 12.5. The number of fused-ring (bicyclic) bond motifs is 1. The molecule has 3 aromatic rings. The molecule has 0 spiro atoms. The van der Waals surface area contributed by atoms with Crippen LogP contribution in [0.1, 0.15) is 36.0 Å². The van der Waals surface area contributed by atoms with Gasteiger partial charge in [-0.05, 0) is 64.0 Å². The van der Waals surface area contributed by atoms with Crippen molar-refractivity contribution in [1.29, 1.82) is 0 Å². The van der Waals surface area contributed by atoms with Crippen molar-refractivity contribution in [1.82, 2.24) is 14.9 Å². The fourth-order valence-electron chi connectivity index (χ4n) is 4.32. The van der Waals surface area contributed by atoms with Crippen LogP contribution in [-0.4, -0.2) is 63.7 Å². The zero-order valence-corrected chi connectivity index (χ0v) is 20.0. The molecule has 4 rings (SSSR count). The van der Waals surface area contributed by atoms with Crippen molar-refractivity contribution in [2.24, 2.45) is 0 Å². The molecule has 1 aliphatic rings. The third-order valence-corrected chi connectivity index (χ3v) is 6.82. The van der Waals surface area contributed by atoms with E-state index in [1.807, 2.05) is 6.07 Å². The van der Waals surface area contributed by atoms with Gasteiger partial charge in [-0.3, -0.25) is 9.78 Å². The molecule has 1 fully saturated rings. The van der Waals surface area contributed by atoms with Gasteiger partial charge in [-0.2, -0.15) is 0 Å². The third kappa shape index (κ3) is 4.92. The van der Waals surface area contributed by atoms with Gasteiger partial charge in [-0.15, -0.1) is 0 Å². The number of carbonyl (C=O) groups excluding carboxylic acids is 1. The normalized spacial score (nSPS) is 18.6. The molecule has 33 heavy (non-hydrogen) atoms. The van der Waals surface area contributed by atoms with Gasteiger partial charge < -0.3 is 20.4 Å². The second-order valence-electron chi connectivity index (χ2n) is 8.59. The molecule has 0 amide bonds. The number of rotatable bonds is 6. The molecule has 1 aromatic carbocycles. The smallest absolute Gasteiger partial charge is 0.191 e. The Labute approximate surface area is 202 Å². The van der Waals surface area contributed by atoms with Crippen LogP contribution in [-0.2, 0) is 0 Å². The molecule has 0 aliphatic heterocycles. The number of Topliss-reactive ketones (excluding diaryl/α,β-unsaturated/α-hetero) is 1. The number of aromatic nitrogens is 2. The van der Waals surface area contributed by atoms with Crippen molar-refractivity contribution in [2.75, 3.05) is 26.0 Å². The van der Waals surface area contributed by atoms with Crippen LogP contribution in [0.3, 0.4) is 0 Å². The van der Waals surface area contributed by atoms with E-state index < -0.39 is 12.4 Å². The number of aromatic hydroxyl groups is 1. The zero-order chi connectivity index (χ0) is 23.7. The minimum absolute atomic E-state index is 0.123. The Kier molecular flexibility index (Phi) is 7.05. The number of hydrogen-bond acceptors (Lipinski definition) is 7. The number of aliphatic hydroxyl groups is 1. The summed E-state index contributed by atoms with van der Waals surface area (Å²) in [6.07, 6.45) is 5.52. The highest BCUT2D eigenvalue weighted by atomic mass is 35.5. The monoisotopic (exact) mass is 488 g/mol. The van der Waals surface area contributed by atoms with Crippen LogP contribution in [0.5, 0.6) is 5.75 Å². The van der Waals surface area contributed by atoms with E-state index >= 15 is 0 Å². The van der Waals surface area contributed by atoms with E-state index in [0.29, 0.717) is 39.6 Å². The molecule has 0 unspecified atom stereocenters. The van der Waals surface area contributed by atoms with Gasteiger partial charge in [-0.25, -0.2) is 4.98 Å². The first kappa shape index (κ1) is 23.7. The SMILES string of the molecule is CN(C)C1CCC(Nc2c(C(=O)CO)cnc3ccc(-c4cc(Cl)c(O)c(Cl)c4)nc23)CC1. The van der Waals surface area contributed by atoms with Crippen molar-refractivity contribution < 1.29 is 15.0 Å². The molecule has 7 nitrogen and oxygen atoms in total. The van der Waals surface area contributed by atoms with Crippen LogP contribution in [0.15, 0.2) is 30.5 Å². The molecule has 1 saturated carbocycles. The number of phenols is 1. The van der Waals surface area contributed by atoms with Crippen molar-refractivity contribution in [3.05, 3.63) is 46.1 Å². The van der Waals surface area contributed by atoms with Crippen LogP contribution in [0.25, 0.3) is 22.3 Å². The Hall–Kier alpha value is -2.45. The van der Waals surface area contributed by atoms with Gasteiger partial charge in [0.15, 0.2) is 11.5 Å². The number of benzene rings is 1. The summed E-state index contributed by atoms with van der Waals surface area (Å²) in [4.78, 5) is 23.9. The Balaban J connectivity index is 1.77. The minimum atomic E-state index is -0.613. The second kappa shape index (κ2) is 9.81. The number of pyridine rings is 2. The van der Waals surface area contributed by atoms with Crippen molar-refractivity contribution in [2.45, 2.75) is 37.8 Å². The Morgan fingerprint density at radius 2 is 1.82 bits per heavy atom. The predicted octanol–water partition coefficient (Wildman–Crippen LogP) is 4.77. The van der Waals surface area contributed by atoms with Gasteiger partial charge in [0.1, 0.15) is 12.1 Å². The molecule has 2 heterocycles. The minimum Gasteiger partial charge on any atom is -0.505 e. The average Bonchev–Trinajstić information content (AvgIpc) is 2.82. The quantitative estimate of drug-likeness (QED) is 0.429. The van der Waals surface area contributed by atoms with Crippen LogP contribution in [0.2, 0.25) is 10.0 Å². The summed E-state index contributed by atoms with van der Waals surface area (Å²) in [6, 6.07) is 7.50. The maximum atomic E-state index is 12.5. The first-order valence-electron chi connectivity index (χ1n) is 10.8. The number of nitrogens with zero attached hydrogens (tertiary/aromatic N) is 3. The molecule has 9 heteroatoms. The summed E-state index contributed by atoms with van der Waals surface area (Å²) in [5.41, 5.74) is 3.23. The number of halogens is 2. The highest BCUT2D eigenvalue weighted by Crippen LogP contribution is 2.37. The van der Waals surface area contributed by atoms with E-state index in [1.165, 1.54) is 6.20 Å². The predicted molar refractivity (Wildman–Crippen MR) is 131 cm³/mol. The highest BCUT2D eigenvalue weighted by molar-refractivity contribution is 6.37. The Morgan fingerprint density at radius 3 is 2.42 bits per heavy atom. The third-order valence-electron chi connectivity index (χ3n) is 6.24. The number of aliphatic hydroxyl groups excluding tert-OH is 1. The molecule has 3 N–H and O–H groups in total. The summed E-state index contributed by atoms with van der Waals surface area (Å²) < 4.78 is 0. The summed E-state index contributed by atoms with van der Waals surface area (Å²) in [7, 11) is 4.19. The number of ketones is 1.